The van der Waals surface area contributed by atoms with E-state index in [4.69, 9.17) is 27.9 Å². The van der Waals surface area contributed by atoms with Gasteiger partial charge in [-0.25, -0.2) is 9.37 Å². The molecular formula is C16H13Cl2FN2O3. The Morgan fingerprint density at radius 2 is 2.04 bits per heavy atom. The summed E-state index contributed by atoms with van der Waals surface area (Å²) in [6.07, 6.45) is -0.0554. The lowest BCUT2D eigenvalue weighted by atomic mass is 10.1. The topological polar surface area (TPSA) is 68.3 Å². The quantitative estimate of drug-likeness (QED) is 0.815. The maximum atomic E-state index is 13.5. The highest BCUT2D eigenvalue weighted by Gasteiger charge is 2.20. The lowest BCUT2D eigenvalue weighted by molar-refractivity contribution is -0.152. The molecule has 2 aromatic rings. The molecule has 0 saturated heterocycles. The Bertz CT molecular complexity index is 771. The van der Waals surface area contributed by atoms with Crippen molar-refractivity contribution in [2.45, 2.75) is 19.4 Å². The van der Waals surface area contributed by atoms with E-state index in [9.17, 15) is 14.0 Å². The molecule has 126 valence electrons. The number of benzene rings is 1. The Labute approximate surface area is 147 Å². The lowest BCUT2D eigenvalue weighted by Crippen LogP contribution is -2.31. The third kappa shape index (κ3) is 4.91. The summed E-state index contributed by atoms with van der Waals surface area (Å²) in [4.78, 5) is 27.7. The van der Waals surface area contributed by atoms with Crippen LogP contribution in [0.15, 0.2) is 36.5 Å². The lowest BCUT2D eigenvalue weighted by Gasteiger charge is -2.14. The van der Waals surface area contributed by atoms with Crippen molar-refractivity contribution < 1.29 is 18.7 Å². The Morgan fingerprint density at radius 1 is 1.33 bits per heavy atom. The number of hydrogen-bond acceptors (Lipinski definition) is 4. The first kappa shape index (κ1) is 18.2. The third-order valence-corrected chi connectivity index (χ3v) is 3.51. The maximum Gasteiger partial charge on any atom is 0.311 e. The van der Waals surface area contributed by atoms with Crippen LogP contribution in [0.5, 0.6) is 0 Å². The molecule has 0 aliphatic carbocycles. The van der Waals surface area contributed by atoms with E-state index in [0.717, 1.165) is 0 Å². The van der Waals surface area contributed by atoms with E-state index in [2.05, 4.69) is 10.3 Å². The standard InChI is InChI=1S/C16H13Cl2FN2O3/c1-9(16(23)21-15-12(18)7-11(17)8-20-15)24-14(22)6-10-4-2-3-5-13(10)19/h2-5,7-9H,6H2,1H3,(H,20,21,23)/t9-/m0/s1. The molecule has 0 radical (unpaired) electrons. The smallest absolute Gasteiger partial charge is 0.311 e. The molecule has 0 aliphatic heterocycles. The number of pyridine rings is 1. The van der Waals surface area contributed by atoms with Gasteiger partial charge in [0.1, 0.15) is 5.82 Å². The van der Waals surface area contributed by atoms with Crippen LogP contribution in [0.1, 0.15) is 12.5 Å². The molecule has 24 heavy (non-hydrogen) atoms. The van der Waals surface area contributed by atoms with Crippen molar-refractivity contribution in [2.75, 3.05) is 5.32 Å². The van der Waals surface area contributed by atoms with Crippen LogP contribution >= 0.6 is 23.2 Å². The van der Waals surface area contributed by atoms with Crippen molar-refractivity contribution in [3.63, 3.8) is 0 Å². The van der Waals surface area contributed by atoms with E-state index in [1.165, 1.54) is 37.4 Å². The molecule has 2 rings (SSSR count). The molecule has 0 aliphatic rings. The second-order valence-corrected chi connectivity index (χ2v) is 5.72. The zero-order valence-electron chi connectivity index (χ0n) is 12.6. The summed E-state index contributed by atoms with van der Waals surface area (Å²) in [5, 5.41) is 2.90. The Morgan fingerprint density at radius 3 is 2.71 bits per heavy atom. The van der Waals surface area contributed by atoms with Crippen LogP contribution in [0.4, 0.5) is 10.2 Å². The first-order valence-electron chi connectivity index (χ1n) is 6.91. The van der Waals surface area contributed by atoms with Gasteiger partial charge in [0.05, 0.1) is 16.5 Å². The first-order valence-corrected chi connectivity index (χ1v) is 7.67. The van der Waals surface area contributed by atoms with Crippen molar-refractivity contribution in [1.82, 2.24) is 4.98 Å². The van der Waals surface area contributed by atoms with Crippen LogP contribution in [0.25, 0.3) is 0 Å². The maximum absolute atomic E-state index is 13.5. The van der Waals surface area contributed by atoms with Gasteiger partial charge in [-0.15, -0.1) is 0 Å². The highest BCUT2D eigenvalue weighted by Crippen LogP contribution is 2.22. The minimum absolute atomic E-state index is 0.100. The van der Waals surface area contributed by atoms with Gasteiger partial charge in [-0.2, -0.15) is 0 Å². The summed E-state index contributed by atoms with van der Waals surface area (Å²) >= 11 is 11.6. The number of aromatic nitrogens is 1. The molecule has 1 aromatic heterocycles. The number of anilines is 1. The number of amides is 1. The van der Waals surface area contributed by atoms with Crippen LogP contribution < -0.4 is 5.32 Å². The summed E-state index contributed by atoms with van der Waals surface area (Å²) in [7, 11) is 0. The van der Waals surface area contributed by atoms with Crippen molar-refractivity contribution in [1.29, 1.82) is 0 Å². The fraction of sp³-hybridized carbons (Fsp3) is 0.188. The first-order chi connectivity index (χ1) is 11.4. The van der Waals surface area contributed by atoms with Crippen molar-refractivity contribution in [3.05, 3.63) is 58.0 Å². The van der Waals surface area contributed by atoms with E-state index in [1.807, 2.05) is 0 Å². The summed E-state index contributed by atoms with van der Waals surface area (Å²) in [6.45, 7) is 1.39. The Kier molecular flexibility index (Phi) is 6.11. The van der Waals surface area contributed by atoms with Gasteiger partial charge in [0.25, 0.3) is 5.91 Å². The molecule has 0 unspecified atom stereocenters. The largest absolute Gasteiger partial charge is 0.452 e. The van der Waals surface area contributed by atoms with Crippen LogP contribution in [0.2, 0.25) is 10.0 Å². The molecule has 1 heterocycles. The average molecular weight is 371 g/mol. The summed E-state index contributed by atoms with van der Waals surface area (Å²) in [6, 6.07) is 7.26. The number of rotatable bonds is 5. The van der Waals surface area contributed by atoms with Crippen molar-refractivity contribution in [2.24, 2.45) is 0 Å². The second-order valence-electron chi connectivity index (χ2n) is 4.87. The van der Waals surface area contributed by atoms with Gasteiger partial charge in [0.2, 0.25) is 0 Å². The molecule has 1 aromatic carbocycles. The predicted molar refractivity (Wildman–Crippen MR) is 88.5 cm³/mol. The van der Waals surface area contributed by atoms with Gasteiger partial charge in [-0.05, 0) is 24.6 Å². The van der Waals surface area contributed by atoms with Gasteiger partial charge in [0, 0.05) is 6.20 Å². The van der Waals surface area contributed by atoms with Gasteiger partial charge >= 0.3 is 5.97 Å². The zero-order chi connectivity index (χ0) is 17.7. The Balaban J connectivity index is 1.93. The minimum Gasteiger partial charge on any atom is -0.452 e. The van der Waals surface area contributed by atoms with E-state index in [-0.39, 0.29) is 22.8 Å². The molecule has 0 saturated carbocycles. The molecule has 1 N–H and O–H groups in total. The molecule has 1 atom stereocenters. The fourth-order valence-corrected chi connectivity index (χ4v) is 2.24. The van der Waals surface area contributed by atoms with Crippen LogP contribution in [-0.4, -0.2) is 23.0 Å². The number of halogens is 3. The average Bonchev–Trinajstić information content (AvgIpc) is 2.52. The molecular weight excluding hydrogens is 358 g/mol. The van der Waals surface area contributed by atoms with E-state index >= 15 is 0 Å². The Hall–Kier alpha value is -2.18. The molecule has 8 heteroatoms. The van der Waals surface area contributed by atoms with Gasteiger partial charge < -0.3 is 10.1 Å². The van der Waals surface area contributed by atoms with E-state index in [1.54, 1.807) is 6.07 Å². The van der Waals surface area contributed by atoms with Gasteiger partial charge in [-0.1, -0.05) is 41.4 Å². The van der Waals surface area contributed by atoms with Gasteiger partial charge in [0.15, 0.2) is 11.9 Å². The molecule has 0 spiro atoms. The number of ether oxygens (including phenoxy) is 1. The zero-order valence-corrected chi connectivity index (χ0v) is 14.1. The number of carbonyl (C=O) groups is 2. The van der Waals surface area contributed by atoms with Crippen LogP contribution in [0.3, 0.4) is 0 Å². The number of nitrogens with zero attached hydrogens (tertiary/aromatic N) is 1. The number of hydrogen-bond donors (Lipinski definition) is 1. The fourth-order valence-electron chi connectivity index (χ4n) is 1.81. The number of nitrogens with one attached hydrogen (secondary N) is 1. The minimum atomic E-state index is -1.10. The molecule has 0 fully saturated rings. The highest BCUT2D eigenvalue weighted by atomic mass is 35.5. The summed E-state index contributed by atoms with van der Waals surface area (Å²) < 4.78 is 18.5. The molecule has 5 nitrogen and oxygen atoms in total. The van der Waals surface area contributed by atoms with Crippen LogP contribution in [-0.2, 0) is 20.7 Å². The number of carbonyl (C=O) groups excluding carboxylic acids is 2. The van der Waals surface area contributed by atoms with Crippen LogP contribution in [0, 0.1) is 5.82 Å². The summed E-state index contributed by atoms with van der Waals surface area (Å²) in [5.41, 5.74) is 0.192. The molecule has 1 amide bonds. The summed E-state index contributed by atoms with van der Waals surface area (Å²) in [5.74, 6) is -1.75. The predicted octanol–water partition coefficient (Wildman–Crippen LogP) is 3.64. The van der Waals surface area contributed by atoms with Gasteiger partial charge in [-0.3, -0.25) is 9.59 Å². The second kappa shape index (κ2) is 8.08. The monoisotopic (exact) mass is 370 g/mol. The van der Waals surface area contributed by atoms with Crippen molar-refractivity contribution in [3.8, 4) is 0 Å². The third-order valence-electron chi connectivity index (χ3n) is 3.02. The normalized spacial score (nSPS) is 11.7. The highest BCUT2D eigenvalue weighted by molar-refractivity contribution is 6.36. The SMILES string of the molecule is C[C@H](OC(=O)Cc1ccccc1F)C(=O)Nc1ncc(Cl)cc1Cl. The van der Waals surface area contributed by atoms with E-state index < -0.39 is 23.8 Å². The van der Waals surface area contributed by atoms with Crippen molar-refractivity contribution >= 4 is 40.9 Å². The molecule has 0 bridgehead atoms. The number of esters is 1. The van der Waals surface area contributed by atoms with E-state index in [0.29, 0.717) is 5.02 Å².